The minimum atomic E-state index is 0.330. The smallest absolute Gasteiger partial charge is 0.115 e. The lowest BCUT2D eigenvalue weighted by molar-refractivity contribution is 0.475. The van der Waals surface area contributed by atoms with E-state index in [-0.39, 0.29) is 0 Å². The minimum Gasteiger partial charge on any atom is -0.508 e. The molecular weight excluding hydrogens is 230 g/mol. The highest BCUT2D eigenvalue weighted by Crippen LogP contribution is 2.15. The van der Waals surface area contributed by atoms with Crippen LogP contribution in [-0.2, 0) is 13.0 Å². The summed E-state index contributed by atoms with van der Waals surface area (Å²) in [6, 6.07) is 9.56. The molecule has 0 fully saturated rings. The molecule has 1 aromatic heterocycles. The lowest BCUT2D eigenvalue weighted by atomic mass is 10.1. The molecule has 0 spiro atoms. The summed E-state index contributed by atoms with van der Waals surface area (Å²) in [6.45, 7) is 4.05. The molecule has 2 nitrogen and oxygen atoms in total. The van der Waals surface area contributed by atoms with Crippen molar-refractivity contribution in [3.63, 3.8) is 0 Å². The van der Waals surface area contributed by atoms with E-state index in [1.165, 1.54) is 16.0 Å². The number of phenolic OH excluding ortho intramolecular Hbond substituents is 1. The molecule has 0 amide bonds. The van der Waals surface area contributed by atoms with E-state index in [0.29, 0.717) is 5.75 Å². The topological polar surface area (TPSA) is 32.3 Å². The first-order chi connectivity index (χ1) is 8.25. The van der Waals surface area contributed by atoms with Crippen LogP contribution in [0.3, 0.4) is 0 Å². The predicted molar refractivity (Wildman–Crippen MR) is 72.6 cm³/mol. The summed E-state index contributed by atoms with van der Waals surface area (Å²) in [5, 5.41) is 14.7. The van der Waals surface area contributed by atoms with Crippen molar-refractivity contribution in [3.8, 4) is 5.75 Å². The first-order valence-electron chi connectivity index (χ1n) is 5.77. The SMILES string of the molecule is Cc1ccsc1CNCCc1ccc(O)cc1. The Kier molecular flexibility index (Phi) is 4.18. The van der Waals surface area contributed by atoms with Crippen LogP contribution >= 0.6 is 11.3 Å². The van der Waals surface area contributed by atoms with Crippen LogP contribution in [0.5, 0.6) is 5.75 Å². The van der Waals surface area contributed by atoms with E-state index in [9.17, 15) is 0 Å². The Balaban J connectivity index is 1.73. The molecule has 0 saturated carbocycles. The molecule has 3 heteroatoms. The van der Waals surface area contributed by atoms with Crippen molar-refractivity contribution in [1.29, 1.82) is 0 Å². The highest BCUT2D eigenvalue weighted by molar-refractivity contribution is 7.10. The van der Waals surface area contributed by atoms with Gasteiger partial charge in [-0.25, -0.2) is 0 Å². The molecule has 2 aromatic rings. The maximum atomic E-state index is 9.17. The average molecular weight is 247 g/mol. The minimum absolute atomic E-state index is 0.330. The highest BCUT2D eigenvalue weighted by atomic mass is 32.1. The first kappa shape index (κ1) is 12.1. The van der Waals surface area contributed by atoms with Gasteiger partial charge < -0.3 is 10.4 Å². The third-order valence-electron chi connectivity index (χ3n) is 2.78. The van der Waals surface area contributed by atoms with Gasteiger partial charge in [0, 0.05) is 11.4 Å². The van der Waals surface area contributed by atoms with Gasteiger partial charge >= 0.3 is 0 Å². The van der Waals surface area contributed by atoms with E-state index in [1.54, 1.807) is 23.5 Å². The number of hydrogen-bond donors (Lipinski definition) is 2. The molecule has 0 atom stereocenters. The standard InChI is InChI=1S/C14H17NOS/c1-11-7-9-17-14(11)10-15-8-6-12-2-4-13(16)5-3-12/h2-5,7,9,15-16H,6,8,10H2,1H3. The van der Waals surface area contributed by atoms with Gasteiger partial charge in [0.1, 0.15) is 5.75 Å². The molecule has 0 aliphatic carbocycles. The predicted octanol–water partition coefficient (Wildman–Crippen LogP) is 3.09. The van der Waals surface area contributed by atoms with Crippen molar-refractivity contribution in [2.45, 2.75) is 19.9 Å². The monoisotopic (exact) mass is 247 g/mol. The maximum Gasteiger partial charge on any atom is 0.115 e. The molecule has 17 heavy (non-hydrogen) atoms. The Morgan fingerprint density at radius 2 is 1.94 bits per heavy atom. The Morgan fingerprint density at radius 1 is 1.18 bits per heavy atom. The van der Waals surface area contributed by atoms with Crippen molar-refractivity contribution < 1.29 is 5.11 Å². The van der Waals surface area contributed by atoms with Crippen LogP contribution < -0.4 is 5.32 Å². The molecular formula is C14H17NOS. The van der Waals surface area contributed by atoms with Gasteiger partial charge in [-0.2, -0.15) is 0 Å². The summed E-state index contributed by atoms with van der Waals surface area (Å²) in [6.07, 6.45) is 0.991. The van der Waals surface area contributed by atoms with Crippen molar-refractivity contribution in [1.82, 2.24) is 5.32 Å². The molecule has 0 unspecified atom stereocenters. The number of thiophene rings is 1. The fourth-order valence-electron chi connectivity index (χ4n) is 1.68. The Bertz CT molecular complexity index is 461. The zero-order chi connectivity index (χ0) is 12.1. The molecule has 1 aromatic carbocycles. The number of nitrogens with one attached hydrogen (secondary N) is 1. The van der Waals surface area contributed by atoms with E-state index < -0.39 is 0 Å². The van der Waals surface area contributed by atoms with Crippen LogP contribution in [-0.4, -0.2) is 11.7 Å². The lowest BCUT2D eigenvalue weighted by Gasteiger charge is -2.04. The second-order valence-electron chi connectivity index (χ2n) is 4.12. The van der Waals surface area contributed by atoms with Gasteiger partial charge in [0.15, 0.2) is 0 Å². The van der Waals surface area contributed by atoms with Crippen LogP contribution in [0.15, 0.2) is 35.7 Å². The summed E-state index contributed by atoms with van der Waals surface area (Å²) in [4.78, 5) is 1.41. The molecule has 0 aliphatic rings. The van der Waals surface area contributed by atoms with E-state index in [0.717, 1.165) is 19.5 Å². The number of benzene rings is 1. The van der Waals surface area contributed by atoms with E-state index in [4.69, 9.17) is 5.11 Å². The van der Waals surface area contributed by atoms with Crippen molar-refractivity contribution in [3.05, 3.63) is 51.7 Å². The van der Waals surface area contributed by atoms with Crippen LogP contribution in [0, 0.1) is 6.92 Å². The number of aryl methyl sites for hydroxylation is 1. The van der Waals surface area contributed by atoms with E-state index >= 15 is 0 Å². The van der Waals surface area contributed by atoms with Gasteiger partial charge in [0.05, 0.1) is 0 Å². The van der Waals surface area contributed by atoms with Crippen LogP contribution in [0.2, 0.25) is 0 Å². The number of phenols is 1. The number of hydrogen-bond acceptors (Lipinski definition) is 3. The molecule has 2 N–H and O–H groups in total. The maximum absolute atomic E-state index is 9.17. The van der Waals surface area contributed by atoms with Gasteiger partial charge in [0.25, 0.3) is 0 Å². The lowest BCUT2D eigenvalue weighted by Crippen LogP contribution is -2.16. The van der Waals surface area contributed by atoms with Crippen molar-refractivity contribution in [2.75, 3.05) is 6.54 Å². The summed E-state index contributed by atoms with van der Waals surface area (Å²) in [7, 11) is 0. The normalized spacial score (nSPS) is 10.6. The van der Waals surface area contributed by atoms with Gasteiger partial charge in [-0.05, 0) is 54.6 Å². The van der Waals surface area contributed by atoms with Gasteiger partial charge in [0.2, 0.25) is 0 Å². The van der Waals surface area contributed by atoms with Crippen LogP contribution in [0.1, 0.15) is 16.0 Å². The van der Waals surface area contributed by atoms with E-state index in [2.05, 4.69) is 23.7 Å². The fraction of sp³-hybridized carbons (Fsp3) is 0.286. The first-order valence-corrected chi connectivity index (χ1v) is 6.65. The molecule has 1 heterocycles. The third-order valence-corrected chi connectivity index (χ3v) is 3.80. The second kappa shape index (κ2) is 5.84. The number of aromatic hydroxyl groups is 1. The van der Waals surface area contributed by atoms with Crippen molar-refractivity contribution in [2.24, 2.45) is 0 Å². The largest absolute Gasteiger partial charge is 0.508 e. The fourth-order valence-corrected chi connectivity index (χ4v) is 2.56. The molecule has 0 aliphatic heterocycles. The molecule has 0 radical (unpaired) electrons. The highest BCUT2D eigenvalue weighted by Gasteiger charge is 1.99. The van der Waals surface area contributed by atoms with Gasteiger partial charge in [-0.3, -0.25) is 0 Å². The van der Waals surface area contributed by atoms with Crippen LogP contribution in [0.25, 0.3) is 0 Å². The average Bonchev–Trinajstić information content (AvgIpc) is 2.73. The summed E-state index contributed by atoms with van der Waals surface area (Å²) in [5.41, 5.74) is 2.62. The van der Waals surface area contributed by atoms with Crippen molar-refractivity contribution >= 4 is 11.3 Å². The Labute approximate surface area is 106 Å². The zero-order valence-electron chi connectivity index (χ0n) is 9.94. The number of rotatable bonds is 5. The molecule has 0 saturated heterocycles. The van der Waals surface area contributed by atoms with E-state index in [1.807, 2.05) is 12.1 Å². The summed E-state index contributed by atoms with van der Waals surface area (Å²) in [5.74, 6) is 0.330. The summed E-state index contributed by atoms with van der Waals surface area (Å²) >= 11 is 1.80. The Morgan fingerprint density at radius 3 is 2.59 bits per heavy atom. The van der Waals surface area contributed by atoms with Crippen LogP contribution in [0.4, 0.5) is 0 Å². The van der Waals surface area contributed by atoms with Gasteiger partial charge in [-0.15, -0.1) is 11.3 Å². The zero-order valence-corrected chi connectivity index (χ0v) is 10.8. The van der Waals surface area contributed by atoms with Gasteiger partial charge in [-0.1, -0.05) is 12.1 Å². The Hall–Kier alpha value is -1.32. The quantitative estimate of drug-likeness (QED) is 0.796. The molecule has 0 bridgehead atoms. The second-order valence-corrected chi connectivity index (χ2v) is 5.12. The summed E-state index contributed by atoms with van der Waals surface area (Å²) < 4.78 is 0. The molecule has 90 valence electrons. The molecule has 2 rings (SSSR count). The third kappa shape index (κ3) is 3.58.